The lowest BCUT2D eigenvalue weighted by atomic mass is 10.1. The molecule has 0 unspecified atom stereocenters. The first-order chi connectivity index (χ1) is 12.7. The zero-order chi connectivity index (χ0) is 17.9. The molecule has 1 fully saturated rings. The van der Waals surface area contributed by atoms with E-state index in [0.717, 1.165) is 22.9 Å². The first-order valence-corrected chi connectivity index (χ1v) is 9.58. The number of para-hydroxylation sites is 1. The van der Waals surface area contributed by atoms with Gasteiger partial charge in [0.25, 0.3) is 5.91 Å². The van der Waals surface area contributed by atoms with Crippen molar-refractivity contribution in [2.24, 2.45) is 0 Å². The Morgan fingerprint density at radius 3 is 2.69 bits per heavy atom. The third-order valence-electron chi connectivity index (χ3n) is 4.29. The molecule has 2 aromatic carbocycles. The predicted molar refractivity (Wildman–Crippen MR) is 112 cm³/mol. The first-order valence-electron chi connectivity index (χ1n) is 8.35. The van der Waals surface area contributed by atoms with Gasteiger partial charge in [-0.25, -0.2) is 0 Å². The van der Waals surface area contributed by atoms with Gasteiger partial charge in [-0.15, -0.1) is 0 Å². The van der Waals surface area contributed by atoms with Crippen molar-refractivity contribution in [2.45, 2.75) is 6.42 Å². The molecule has 0 spiro atoms. The van der Waals surface area contributed by atoms with Crippen LogP contribution < -0.4 is 0 Å². The number of fused-ring (bicyclic) bond motifs is 1. The first kappa shape index (κ1) is 16.9. The smallest absolute Gasteiger partial charge is 0.266 e. The van der Waals surface area contributed by atoms with Crippen LogP contribution in [0.4, 0.5) is 0 Å². The van der Waals surface area contributed by atoms with Gasteiger partial charge in [0.2, 0.25) is 0 Å². The predicted octanol–water partition coefficient (Wildman–Crippen LogP) is 4.68. The minimum atomic E-state index is -0.0242. The maximum atomic E-state index is 12.8. The molecule has 26 heavy (non-hydrogen) atoms. The van der Waals surface area contributed by atoms with Crippen molar-refractivity contribution in [2.75, 3.05) is 6.54 Å². The minimum absolute atomic E-state index is 0.0242. The summed E-state index contributed by atoms with van der Waals surface area (Å²) in [5.41, 5.74) is 3.03. The molecule has 0 bridgehead atoms. The minimum Gasteiger partial charge on any atom is -0.293 e. The van der Waals surface area contributed by atoms with E-state index in [0.29, 0.717) is 15.8 Å². The lowest BCUT2D eigenvalue weighted by molar-refractivity contribution is -0.122. The molecular formula is C21H16N2OS2. The largest absolute Gasteiger partial charge is 0.293 e. The molecule has 1 amide bonds. The summed E-state index contributed by atoms with van der Waals surface area (Å²) < 4.78 is 0.616. The summed E-state index contributed by atoms with van der Waals surface area (Å²) >= 11 is 6.80. The Bertz CT molecular complexity index is 1010. The molecule has 1 aromatic heterocycles. The Balaban J connectivity index is 1.57. The highest BCUT2D eigenvalue weighted by atomic mass is 32.2. The van der Waals surface area contributed by atoms with E-state index in [2.05, 4.69) is 17.1 Å². The molecule has 0 atom stereocenters. The molecule has 5 heteroatoms. The van der Waals surface area contributed by atoms with Gasteiger partial charge in [-0.2, -0.15) is 0 Å². The second-order valence-electron chi connectivity index (χ2n) is 5.99. The van der Waals surface area contributed by atoms with E-state index in [-0.39, 0.29) is 5.91 Å². The van der Waals surface area contributed by atoms with Crippen LogP contribution >= 0.6 is 24.0 Å². The van der Waals surface area contributed by atoms with E-state index in [9.17, 15) is 4.79 Å². The van der Waals surface area contributed by atoms with Crippen LogP contribution in [-0.4, -0.2) is 26.7 Å². The van der Waals surface area contributed by atoms with Crippen LogP contribution in [0.15, 0.2) is 71.8 Å². The van der Waals surface area contributed by atoms with Crippen molar-refractivity contribution in [3.63, 3.8) is 0 Å². The molecule has 2 heterocycles. The molecule has 0 aliphatic carbocycles. The zero-order valence-electron chi connectivity index (χ0n) is 14.0. The average Bonchev–Trinajstić information content (AvgIpc) is 2.94. The lowest BCUT2D eigenvalue weighted by Crippen LogP contribution is -2.30. The fourth-order valence-corrected chi connectivity index (χ4v) is 4.26. The second kappa shape index (κ2) is 7.40. The Hall–Kier alpha value is -2.50. The highest BCUT2D eigenvalue weighted by Crippen LogP contribution is 2.33. The molecule has 3 aromatic rings. The van der Waals surface area contributed by atoms with Gasteiger partial charge in [0, 0.05) is 23.7 Å². The van der Waals surface area contributed by atoms with Crippen LogP contribution in [0.2, 0.25) is 0 Å². The van der Waals surface area contributed by atoms with Crippen molar-refractivity contribution in [3.8, 4) is 0 Å². The number of carbonyl (C=O) groups excluding carboxylic acids is 1. The number of thioether (sulfide) groups is 1. The van der Waals surface area contributed by atoms with Crippen LogP contribution in [-0.2, 0) is 11.2 Å². The highest BCUT2D eigenvalue weighted by Gasteiger charge is 2.31. The summed E-state index contributed by atoms with van der Waals surface area (Å²) in [6.07, 6.45) is 4.46. The lowest BCUT2D eigenvalue weighted by Gasteiger charge is -2.14. The van der Waals surface area contributed by atoms with Gasteiger partial charge in [0.15, 0.2) is 0 Å². The van der Waals surface area contributed by atoms with E-state index in [1.807, 2.05) is 54.6 Å². The van der Waals surface area contributed by atoms with Gasteiger partial charge in [0.1, 0.15) is 4.32 Å². The van der Waals surface area contributed by atoms with E-state index in [4.69, 9.17) is 12.2 Å². The number of hydrogen-bond donors (Lipinski definition) is 0. The molecule has 4 rings (SSSR count). The number of thiocarbonyl (C=S) groups is 1. The van der Waals surface area contributed by atoms with Crippen LogP contribution in [0.3, 0.4) is 0 Å². The van der Waals surface area contributed by atoms with Gasteiger partial charge in [0.05, 0.1) is 10.4 Å². The number of amides is 1. The molecule has 1 aliphatic rings. The number of aromatic nitrogens is 1. The summed E-state index contributed by atoms with van der Waals surface area (Å²) in [4.78, 5) is 19.6. The van der Waals surface area contributed by atoms with Crippen LogP contribution in [0.1, 0.15) is 11.1 Å². The summed E-state index contributed by atoms with van der Waals surface area (Å²) in [6.45, 7) is 0.597. The topological polar surface area (TPSA) is 33.2 Å². The summed E-state index contributed by atoms with van der Waals surface area (Å²) in [6, 6.07) is 20.0. The molecule has 128 valence electrons. The highest BCUT2D eigenvalue weighted by molar-refractivity contribution is 8.26. The Labute approximate surface area is 161 Å². The van der Waals surface area contributed by atoms with Gasteiger partial charge in [-0.05, 0) is 24.1 Å². The van der Waals surface area contributed by atoms with Gasteiger partial charge < -0.3 is 0 Å². The van der Waals surface area contributed by atoms with Gasteiger partial charge in [-0.1, -0.05) is 78.6 Å². The maximum absolute atomic E-state index is 12.8. The number of rotatable bonds is 4. The van der Waals surface area contributed by atoms with Crippen LogP contribution in [0.5, 0.6) is 0 Å². The fraction of sp³-hybridized carbons (Fsp3) is 0.0952. The van der Waals surface area contributed by atoms with Crippen LogP contribution in [0, 0.1) is 0 Å². The van der Waals surface area contributed by atoms with Gasteiger partial charge in [-0.3, -0.25) is 14.7 Å². The maximum Gasteiger partial charge on any atom is 0.266 e. The number of pyridine rings is 1. The van der Waals surface area contributed by atoms with Crippen molar-refractivity contribution in [3.05, 3.63) is 82.9 Å². The monoisotopic (exact) mass is 376 g/mol. The molecule has 0 saturated carbocycles. The number of carbonyl (C=O) groups is 1. The number of nitrogens with zero attached hydrogens (tertiary/aromatic N) is 2. The van der Waals surface area contributed by atoms with Crippen LogP contribution in [0.25, 0.3) is 17.0 Å². The van der Waals surface area contributed by atoms with E-state index < -0.39 is 0 Å². The number of benzene rings is 2. The quantitative estimate of drug-likeness (QED) is 0.489. The SMILES string of the molecule is O=C1/C(=C/c2cccc3cccnc23)SC(=S)N1CCc1ccccc1. The molecular weight excluding hydrogens is 360 g/mol. The van der Waals surface area contributed by atoms with E-state index in [1.165, 1.54) is 17.3 Å². The molecule has 0 N–H and O–H groups in total. The van der Waals surface area contributed by atoms with Crippen molar-refractivity contribution >= 4 is 51.2 Å². The van der Waals surface area contributed by atoms with Gasteiger partial charge >= 0.3 is 0 Å². The Kier molecular flexibility index (Phi) is 4.82. The Morgan fingerprint density at radius 1 is 1.04 bits per heavy atom. The van der Waals surface area contributed by atoms with Crippen molar-refractivity contribution < 1.29 is 4.79 Å². The molecule has 1 saturated heterocycles. The Morgan fingerprint density at radius 2 is 1.85 bits per heavy atom. The van der Waals surface area contributed by atoms with Crippen molar-refractivity contribution in [1.82, 2.24) is 9.88 Å². The molecule has 3 nitrogen and oxygen atoms in total. The normalized spacial score (nSPS) is 16.0. The molecule has 0 radical (unpaired) electrons. The zero-order valence-corrected chi connectivity index (χ0v) is 15.6. The third kappa shape index (κ3) is 3.41. The number of hydrogen-bond acceptors (Lipinski definition) is 4. The average molecular weight is 377 g/mol. The summed E-state index contributed by atoms with van der Waals surface area (Å²) in [5, 5.41) is 1.06. The molecule has 1 aliphatic heterocycles. The van der Waals surface area contributed by atoms with E-state index in [1.54, 1.807) is 11.1 Å². The summed E-state index contributed by atoms with van der Waals surface area (Å²) in [5.74, 6) is -0.0242. The third-order valence-corrected chi connectivity index (χ3v) is 5.67. The van der Waals surface area contributed by atoms with Crippen molar-refractivity contribution in [1.29, 1.82) is 0 Å². The summed E-state index contributed by atoms with van der Waals surface area (Å²) in [7, 11) is 0. The standard InChI is InChI=1S/C21H16N2OS2/c24-20-18(14-17-9-4-8-16-10-5-12-22-19(16)17)26-21(25)23(20)13-11-15-6-2-1-3-7-15/h1-10,12,14H,11,13H2/b18-14-. The fourth-order valence-electron chi connectivity index (χ4n) is 2.96. The second-order valence-corrected chi connectivity index (χ2v) is 7.67. The van der Waals surface area contributed by atoms with E-state index >= 15 is 0 Å².